The van der Waals surface area contributed by atoms with Gasteiger partial charge in [-0.3, -0.25) is 9.59 Å². The molecule has 0 aromatic heterocycles. The van der Waals surface area contributed by atoms with Crippen LogP contribution in [-0.4, -0.2) is 55.1 Å². The van der Waals surface area contributed by atoms with Gasteiger partial charge < -0.3 is 24.8 Å². The van der Waals surface area contributed by atoms with Crippen LogP contribution in [0.4, 0.5) is 13.2 Å². The van der Waals surface area contributed by atoms with E-state index in [1.54, 1.807) is 38.1 Å². The summed E-state index contributed by atoms with van der Waals surface area (Å²) in [6.07, 6.45) is -5.78. The molecule has 0 unspecified atom stereocenters. The third-order valence-electron chi connectivity index (χ3n) is 5.76. The molecule has 2 heterocycles. The number of carbonyl (C=O) groups excluding carboxylic acids is 2. The van der Waals surface area contributed by atoms with E-state index in [1.807, 2.05) is 6.07 Å². The summed E-state index contributed by atoms with van der Waals surface area (Å²) >= 11 is 0. The van der Waals surface area contributed by atoms with Crippen LogP contribution in [0.3, 0.4) is 0 Å². The molecular weight excluding hydrogens is 453 g/mol. The van der Waals surface area contributed by atoms with Crippen LogP contribution in [-0.2, 0) is 20.4 Å². The second kappa shape index (κ2) is 9.01. The molecule has 2 aliphatic heterocycles. The third kappa shape index (κ3) is 5.08. The molecule has 0 aliphatic carbocycles. The molecule has 7 nitrogen and oxygen atoms in total. The van der Waals surface area contributed by atoms with E-state index in [4.69, 9.17) is 14.2 Å². The number of halogens is 3. The highest BCUT2D eigenvalue weighted by atomic mass is 19.4. The maximum Gasteiger partial charge on any atom is 0.416 e. The number of nitrogens with one attached hydrogen (secondary N) is 2. The van der Waals surface area contributed by atoms with E-state index in [0.717, 1.165) is 12.1 Å². The first-order valence-electron chi connectivity index (χ1n) is 10.8. The van der Waals surface area contributed by atoms with Gasteiger partial charge in [-0.15, -0.1) is 0 Å². The van der Waals surface area contributed by atoms with Gasteiger partial charge in [0.05, 0.1) is 18.7 Å². The zero-order valence-electron chi connectivity index (χ0n) is 18.6. The Hall–Kier alpha value is -2.95. The molecule has 182 valence electrons. The van der Waals surface area contributed by atoms with E-state index in [9.17, 15) is 22.8 Å². The number of ether oxygens (including phenoxy) is 3. The largest absolute Gasteiger partial charge is 0.416 e. The van der Waals surface area contributed by atoms with Gasteiger partial charge in [-0.2, -0.15) is 13.2 Å². The molecule has 2 amide bonds. The monoisotopic (exact) mass is 478 g/mol. The number of fused-ring (bicyclic) bond motifs is 1. The van der Waals surface area contributed by atoms with Crippen molar-refractivity contribution >= 4 is 11.8 Å². The van der Waals surface area contributed by atoms with E-state index in [1.165, 1.54) is 12.1 Å². The molecule has 2 aliphatic rings. The summed E-state index contributed by atoms with van der Waals surface area (Å²) < 4.78 is 56.8. The Bertz CT molecular complexity index is 1060. The van der Waals surface area contributed by atoms with Gasteiger partial charge in [0, 0.05) is 17.7 Å². The van der Waals surface area contributed by atoms with Gasteiger partial charge in [0.15, 0.2) is 5.79 Å². The third-order valence-corrected chi connectivity index (χ3v) is 5.76. The van der Waals surface area contributed by atoms with E-state index in [2.05, 4.69) is 10.6 Å². The molecule has 34 heavy (non-hydrogen) atoms. The van der Waals surface area contributed by atoms with E-state index in [0.29, 0.717) is 5.56 Å². The van der Waals surface area contributed by atoms with Crippen LogP contribution in [0.5, 0.6) is 0 Å². The Kier molecular flexibility index (Phi) is 6.41. The highest BCUT2D eigenvalue weighted by Gasteiger charge is 2.61. The van der Waals surface area contributed by atoms with Crippen molar-refractivity contribution in [2.24, 2.45) is 0 Å². The number of alkyl halides is 3. The summed E-state index contributed by atoms with van der Waals surface area (Å²) in [6, 6.07) is 12.9. The number of rotatable bonds is 6. The average Bonchev–Trinajstić information content (AvgIpc) is 3.26. The molecule has 3 atom stereocenters. The fraction of sp³-hybridized carbons (Fsp3) is 0.417. The van der Waals surface area contributed by atoms with E-state index >= 15 is 0 Å². The number of carbonyl (C=O) groups is 2. The van der Waals surface area contributed by atoms with Crippen LogP contribution in [0.2, 0.25) is 0 Å². The highest BCUT2D eigenvalue weighted by molar-refractivity contribution is 5.94. The van der Waals surface area contributed by atoms with Crippen LogP contribution < -0.4 is 10.6 Å². The summed E-state index contributed by atoms with van der Waals surface area (Å²) in [7, 11) is 0. The number of hydrogen-bond donors (Lipinski definition) is 2. The summed E-state index contributed by atoms with van der Waals surface area (Å²) in [4.78, 5) is 25.0. The molecule has 2 saturated heterocycles. The maximum atomic E-state index is 13.0. The summed E-state index contributed by atoms with van der Waals surface area (Å²) in [5, 5.41) is 5.47. The van der Waals surface area contributed by atoms with E-state index in [-0.39, 0.29) is 31.2 Å². The van der Waals surface area contributed by atoms with Crippen molar-refractivity contribution in [1.29, 1.82) is 0 Å². The number of benzene rings is 2. The van der Waals surface area contributed by atoms with E-state index < -0.39 is 41.2 Å². The lowest BCUT2D eigenvalue weighted by Gasteiger charge is -2.27. The van der Waals surface area contributed by atoms with Crippen LogP contribution in [0.1, 0.15) is 40.1 Å². The second-order valence-corrected chi connectivity index (χ2v) is 8.79. The fourth-order valence-electron chi connectivity index (χ4n) is 4.25. The van der Waals surface area contributed by atoms with Gasteiger partial charge in [0.25, 0.3) is 11.8 Å². The minimum Gasteiger partial charge on any atom is -0.370 e. The normalized spacial score (nSPS) is 25.6. The molecule has 2 N–H and O–H groups in total. The van der Waals surface area contributed by atoms with Crippen molar-refractivity contribution in [3.8, 4) is 0 Å². The first-order chi connectivity index (χ1) is 16.0. The molecule has 0 radical (unpaired) electrons. The average molecular weight is 478 g/mol. The lowest BCUT2D eigenvalue weighted by atomic mass is 9.96. The smallest absolute Gasteiger partial charge is 0.370 e. The first kappa shape index (κ1) is 24.2. The first-order valence-corrected chi connectivity index (χ1v) is 10.8. The highest BCUT2D eigenvalue weighted by Crippen LogP contribution is 2.43. The van der Waals surface area contributed by atoms with Crippen molar-refractivity contribution < 1.29 is 37.0 Å². The lowest BCUT2D eigenvalue weighted by Crippen LogP contribution is -2.52. The zero-order chi connectivity index (χ0) is 24.6. The predicted molar refractivity (Wildman–Crippen MR) is 115 cm³/mol. The SMILES string of the molecule is CC1(C)O[C@@H]2[C@@H](CNC(=O)c3cccc(C(F)(F)F)c3)OC[C@]2(CNC(=O)c2ccccc2)O1. The standard InChI is InChI=1S/C24H25F3N2O5/c1-22(2)33-19-18(12-28-21(31)16-9-6-10-17(11-16)24(25,26)27)32-14-23(19,34-22)13-29-20(30)15-7-4-3-5-8-15/h3-11,18-19H,12-14H2,1-2H3,(H,28,31)(H,29,30)/t18-,19-,23+/m1/s1. The molecule has 2 aromatic carbocycles. The second-order valence-electron chi connectivity index (χ2n) is 8.79. The molecule has 10 heteroatoms. The Balaban J connectivity index is 1.41. The molecule has 0 bridgehead atoms. The van der Waals surface area contributed by atoms with Gasteiger partial charge in [-0.25, -0.2) is 0 Å². The van der Waals surface area contributed by atoms with Crippen molar-refractivity contribution in [2.45, 2.75) is 43.6 Å². The lowest BCUT2D eigenvalue weighted by molar-refractivity contribution is -0.188. The van der Waals surface area contributed by atoms with Gasteiger partial charge in [0.1, 0.15) is 17.8 Å². The van der Waals surface area contributed by atoms with Gasteiger partial charge >= 0.3 is 6.18 Å². The Morgan fingerprint density at radius 3 is 2.38 bits per heavy atom. The molecule has 0 spiro atoms. The predicted octanol–water partition coefficient (Wildman–Crippen LogP) is 3.15. The van der Waals surface area contributed by atoms with Gasteiger partial charge in [-0.1, -0.05) is 24.3 Å². The van der Waals surface area contributed by atoms with Crippen LogP contribution in [0.25, 0.3) is 0 Å². The molecular formula is C24H25F3N2O5. The maximum absolute atomic E-state index is 13.0. The zero-order valence-corrected chi connectivity index (χ0v) is 18.6. The number of hydrogen-bond acceptors (Lipinski definition) is 5. The molecule has 4 rings (SSSR count). The minimum atomic E-state index is -4.55. The van der Waals surface area contributed by atoms with Crippen LogP contribution >= 0.6 is 0 Å². The van der Waals surface area contributed by atoms with Gasteiger partial charge in [-0.05, 0) is 44.2 Å². The Morgan fingerprint density at radius 2 is 1.68 bits per heavy atom. The topological polar surface area (TPSA) is 85.9 Å². The summed E-state index contributed by atoms with van der Waals surface area (Å²) in [6.45, 7) is 3.70. The van der Waals surface area contributed by atoms with Gasteiger partial charge in [0.2, 0.25) is 0 Å². The molecule has 2 aromatic rings. The summed E-state index contributed by atoms with van der Waals surface area (Å²) in [5.41, 5.74) is -1.49. The van der Waals surface area contributed by atoms with Crippen LogP contribution in [0, 0.1) is 0 Å². The van der Waals surface area contributed by atoms with Crippen molar-refractivity contribution in [1.82, 2.24) is 10.6 Å². The minimum absolute atomic E-state index is 0.00638. The molecule has 0 saturated carbocycles. The number of amides is 2. The van der Waals surface area contributed by atoms with Crippen molar-refractivity contribution in [3.05, 3.63) is 71.3 Å². The fourth-order valence-corrected chi connectivity index (χ4v) is 4.25. The summed E-state index contributed by atoms with van der Waals surface area (Å²) in [5.74, 6) is -1.89. The quantitative estimate of drug-likeness (QED) is 0.666. The van der Waals surface area contributed by atoms with Crippen molar-refractivity contribution in [3.63, 3.8) is 0 Å². The Labute approximate surface area is 194 Å². The molecule has 2 fully saturated rings. The van der Waals surface area contributed by atoms with Crippen LogP contribution in [0.15, 0.2) is 54.6 Å². The Morgan fingerprint density at radius 1 is 1.00 bits per heavy atom. The van der Waals surface area contributed by atoms with Crippen molar-refractivity contribution in [2.75, 3.05) is 19.7 Å².